The summed E-state index contributed by atoms with van der Waals surface area (Å²) in [6.45, 7) is -1.60. The van der Waals surface area contributed by atoms with Gasteiger partial charge in [-0.3, -0.25) is 0 Å². The van der Waals surface area contributed by atoms with E-state index in [9.17, 15) is 26.7 Å². The van der Waals surface area contributed by atoms with Crippen molar-refractivity contribution in [2.24, 2.45) is 0 Å². The Morgan fingerprint density at radius 3 is 2.57 bits per heavy atom. The molecule has 2 heterocycles. The molecule has 0 spiro atoms. The Bertz CT molecular complexity index is 1010. The molecule has 0 aliphatic heterocycles. The van der Waals surface area contributed by atoms with E-state index in [-0.39, 0.29) is 10.8 Å². The van der Waals surface area contributed by atoms with Crippen LogP contribution in [-0.4, -0.2) is 28.7 Å². The maximum atomic E-state index is 14.3. The molecule has 0 radical (unpaired) electrons. The van der Waals surface area contributed by atoms with E-state index in [4.69, 9.17) is 16.3 Å². The van der Waals surface area contributed by atoms with Crippen molar-refractivity contribution in [1.29, 1.82) is 0 Å². The van der Waals surface area contributed by atoms with E-state index in [1.165, 1.54) is 23.8 Å². The Hall–Kier alpha value is -3.08. The van der Waals surface area contributed by atoms with Crippen LogP contribution in [0.15, 0.2) is 30.6 Å². The molecule has 0 saturated heterocycles. The molecular weight excluding hydrogens is 411 g/mol. The van der Waals surface area contributed by atoms with Crippen LogP contribution in [0.3, 0.4) is 0 Å². The molecule has 0 saturated carbocycles. The second kappa shape index (κ2) is 7.50. The van der Waals surface area contributed by atoms with Gasteiger partial charge in [0, 0.05) is 30.2 Å². The lowest BCUT2D eigenvalue weighted by atomic mass is 10.2. The van der Waals surface area contributed by atoms with Crippen molar-refractivity contribution in [1.82, 2.24) is 15.3 Å². The second-order valence-corrected chi connectivity index (χ2v) is 5.87. The number of aromatic nitrogens is 2. The number of ether oxygens (including phenoxy) is 1. The van der Waals surface area contributed by atoms with Crippen molar-refractivity contribution in [3.05, 3.63) is 47.2 Å². The first-order chi connectivity index (χ1) is 13.1. The van der Waals surface area contributed by atoms with Crippen molar-refractivity contribution >= 4 is 34.4 Å². The molecule has 2 amide bonds. The Labute approximate surface area is 158 Å². The van der Waals surface area contributed by atoms with Crippen LogP contribution in [0.5, 0.6) is 11.5 Å². The highest BCUT2D eigenvalue weighted by Crippen LogP contribution is 2.36. The Morgan fingerprint density at radius 1 is 1.25 bits per heavy atom. The van der Waals surface area contributed by atoms with Crippen molar-refractivity contribution in [3.8, 4) is 11.5 Å². The molecule has 148 valence electrons. The van der Waals surface area contributed by atoms with Crippen molar-refractivity contribution in [3.63, 3.8) is 0 Å². The van der Waals surface area contributed by atoms with Crippen LogP contribution < -0.4 is 15.4 Å². The van der Waals surface area contributed by atoms with Gasteiger partial charge in [-0.05, 0) is 6.07 Å². The molecule has 0 aliphatic rings. The number of carbonyl (C=O) groups is 1. The van der Waals surface area contributed by atoms with Gasteiger partial charge in [-0.15, -0.1) is 0 Å². The predicted octanol–water partition coefficient (Wildman–Crippen LogP) is 4.97. The minimum atomic E-state index is -4.62. The molecule has 1 aromatic carbocycles. The van der Waals surface area contributed by atoms with Crippen LogP contribution >= 0.6 is 11.6 Å². The van der Waals surface area contributed by atoms with Crippen molar-refractivity contribution < 1.29 is 31.5 Å². The highest BCUT2D eigenvalue weighted by Gasteiger charge is 2.27. The molecule has 3 aromatic rings. The van der Waals surface area contributed by atoms with Crippen LogP contribution in [-0.2, 0) is 0 Å². The van der Waals surface area contributed by atoms with Gasteiger partial charge in [-0.25, -0.2) is 18.6 Å². The van der Waals surface area contributed by atoms with Gasteiger partial charge in [-0.2, -0.15) is 13.2 Å². The van der Waals surface area contributed by atoms with Gasteiger partial charge in [-0.1, -0.05) is 11.6 Å². The number of pyridine rings is 1. The smallest absolute Gasteiger partial charge is 0.405 e. The molecule has 12 heteroatoms. The largest absolute Gasteiger partial charge is 0.450 e. The number of aromatic amines is 1. The summed E-state index contributed by atoms with van der Waals surface area (Å²) in [5.74, 6) is -3.14. The number of rotatable bonds is 4. The summed E-state index contributed by atoms with van der Waals surface area (Å²) in [7, 11) is 0. The maximum absolute atomic E-state index is 14.3. The summed E-state index contributed by atoms with van der Waals surface area (Å²) in [5.41, 5.74) is -0.0653. The number of alkyl halides is 3. The third kappa shape index (κ3) is 4.42. The molecule has 0 atom stereocenters. The Kier molecular flexibility index (Phi) is 5.27. The zero-order chi connectivity index (χ0) is 20.5. The summed E-state index contributed by atoms with van der Waals surface area (Å²) >= 11 is 5.99. The number of H-pyrrole nitrogens is 1. The van der Waals surface area contributed by atoms with E-state index in [0.717, 1.165) is 0 Å². The summed E-state index contributed by atoms with van der Waals surface area (Å²) in [4.78, 5) is 18.1. The van der Waals surface area contributed by atoms with Gasteiger partial charge < -0.3 is 20.4 Å². The number of benzene rings is 1. The molecule has 0 aliphatic carbocycles. The third-order valence-corrected chi connectivity index (χ3v) is 3.70. The second-order valence-electron chi connectivity index (χ2n) is 5.46. The van der Waals surface area contributed by atoms with Crippen molar-refractivity contribution in [2.75, 3.05) is 11.9 Å². The number of halogens is 6. The highest BCUT2D eigenvalue weighted by atomic mass is 35.5. The Balaban J connectivity index is 1.80. The minimum Gasteiger partial charge on any atom is -0.450 e. The molecule has 2 aromatic heterocycles. The van der Waals surface area contributed by atoms with E-state index in [2.05, 4.69) is 9.97 Å². The summed E-state index contributed by atoms with van der Waals surface area (Å²) < 4.78 is 70.0. The first kappa shape index (κ1) is 19.7. The fourth-order valence-corrected chi connectivity index (χ4v) is 2.51. The average Bonchev–Trinajstić information content (AvgIpc) is 2.98. The molecule has 0 unspecified atom stereocenters. The number of fused-ring (bicyclic) bond motifs is 1. The summed E-state index contributed by atoms with van der Waals surface area (Å²) in [5, 5.41) is 3.94. The van der Waals surface area contributed by atoms with Crippen LogP contribution in [0, 0.1) is 11.6 Å². The molecule has 3 rings (SSSR count). The summed E-state index contributed by atoms with van der Waals surface area (Å²) in [6.07, 6.45) is -1.87. The lowest BCUT2D eigenvalue weighted by Gasteiger charge is -2.12. The molecule has 0 bridgehead atoms. The van der Waals surface area contributed by atoms with Crippen molar-refractivity contribution in [2.45, 2.75) is 6.18 Å². The van der Waals surface area contributed by atoms with E-state index >= 15 is 0 Å². The average molecular weight is 421 g/mol. The number of hydrogen-bond donors (Lipinski definition) is 3. The normalized spacial score (nSPS) is 11.5. The van der Waals surface area contributed by atoms with E-state index in [1.807, 2.05) is 5.32 Å². The van der Waals surface area contributed by atoms with Crippen LogP contribution in [0.25, 0.3) is 11.0 Å². The van der Waals surface area contributed by atoms with Gasteiger partial charge in [0.15, 0.2) is 17.4 Å². The zero-order valence-electron chi connectivity index (χ0n) is 13.6. The van der Waals surface area contributed by atoms with E-state index in [1.54, 1.807) is 0 Å². The standard InChI is InChI=1S/C16H10ClF5N4O2/c17-8-5-24-14-12(8)11(1-2-23-14)28-13-9(18)3-7(4-10(13)19)26-15(27)25-6-16(20,21)22/h1-5H,6H2,(H,23,24)(H2,25,26,27). The minimum absolute atomic E-state index is 0.0256. The number of hydrogen-bond acceptors (Lipinski definition) is 3. The number of nitrogens with zero attached hydrogens (tertiary/aromatic N) is 1. The topological polar surface area (TPSA) is 79.0 Å². The van der Waals surface area contributed by atoms with Crippen LogP contribution in [0.2, 0.25) is 5.02 Å². The zero-order valence-corrected chi connectivity index (χ0v) is 14.4. The molecule has 28 heavy (non-hydrogen) atoms. The van der Waals surface area contributed by atoms with Gasteiger partial charge in [0.05, 0.1) is 10.4 Å². The predicted molar refractivity (Wildman–Crippen MR) is 90.6 cm³/mol. The summed E-state index contributed by atoms with van der Waals surface area (Å²) in [6, 6.07) is 1.46. The number of amides is 2. The van der Waals surface area contributed by atoms with Crippen LogP contribution in [0.4, 0.5) is 32.4 Å². The van der Waals surface area contributed by atoms with Gasteiger partial charge in [0.1, 0.15) is 17.9 Å². The fraction of sp³-hybridized carbons (Fsp3) is 0.125. The van der Waals surface area contributed by atoms with Gasteiger partial charge in [0.25, 0.3) is 0 Å². The number of urea groups is 1. The first-order valence-corrected chi connectivity index (χ1v) is 7.92. The third-order valence-electron chi connectivity index (χ3n) is 3.40. The van der Waals surface area contributed by atoms with E-state index < -0.39 is 41.8 Å². The van der Waals surface area contributed by atoms with Gasteiger partial charge in [0.2, 0.25) is 0 Å². The monoisotopic (exact) mass is 420 g/mol. The van der Waals surface area contributed by atoms with E-state index in [0.29, 0.717) is 23.2 Å². The number of nitrogens with one attached hydrogen (secondary N) is 3. The molecule has 0 fully saturated rings. The lowest BCUT2D eigenvalue weighted by Crippen LogP contribution is -2.36. The SMILES string of the molecule is O=C(NCC(F)(F)F)Nc1cc(F)c(Oc2ccnc3[nH]cc(Cl)c23)c(F)c1. The van der Waals surface area contributed by atoms with Crippen LogP contribution in [0.1, 0.15) is 0 Å². The fourth-order valence-electron chi connectivity index (χ4n) is 2.27. The van der Waals surface area contributed by atoms with Gasteiger partial charge >= 0.3 is 12.2 Å². The Morgan fingerprint density at radius 2 is 1.93 bits per heavy atom. The maximum Gasteiger partial charge on any atom is 0.405 e. The number of carbonyl (C=O) groups excluding carboxylic acids is 1. The molecule has 6 nitrogen and oxygen atoms in total. The molecular formula is C16H10ClF5N4O2. The lowest BCUT2D eigenvalue weighted by molar-refractivity contribution is -0.122. The highest BCUT2D eigenvalue weighted by molar-refractivity contribution is 6.36. The molecule has 3 N–H and O–H groups in total. The quantitative estimate of drug-likeness (QED) is 0.521. The first-order valence-electron chi connectivity index (χ1n) is 7.54. The number of anilines is 1.